The van der Waals surface area contributed by atoms with E-state index in [2.05, 4.69) is 18.3 Å². The number of nitriles is 1. The van der Waals surface area contributed by atoms with Crippen LogP contribution >= 0.6 is 0 Å². The molecule has 1 aliphatic heterocycles. The average Bonchev–Trinajstić information content (AvgIpc) is 4.12. The van der Waals surface area contributed by atoms with Gasteiger partial charge in [0.05, 0.1) is 12.1 Å². The number of ketones is 3. The number of ether oxygens (including phenoxy) is 2. The minimum Gasteiger partial charge on any atom is -0.492 e. The van der Waals surface area contributed by atoms with Gasteiger partial charge in [0.15, 0.2) is 17.3 Å². The van der Waals surface area contributed by atoms with Crippen molar-refractivity contribution in [2.45, 2.75) is 109 Å². The Hall–Kier alpha value is -5.42. The Morgan fingerprint density at radius 1 is 0.903 bits per heavy atom. The quantitative estimate of drug-likeness (QED) is 0.0732. The van der Waals surface area contributed by atoms with Gasteiger partial charge in [-0.1, -0.05) is 57.0 Å². The molecule has 1 aliphatic carbocycles. The van der Waals surface area contributed by atoms with Gasteiger partial charge in [-0.3, -0.25) is 24.0 Å². The van der Waals surface area contributed by atoms with Crippen LogP contribution in [-0.4, -0.2) is 80.0 Å². The second kappa shape index (κ2) is 23.1. The van der Waals surface area contributed by atoms with Gasteiger partial charge < -0.3 is 36.9 Å². The lowest BCUT2D eigenvalue weighted by Crippen LogP contribution is -2.46. The van der Waals surface area contributed by atoms with Crippen molar-refractivity contribution in [1.82, 2.24) is 10.2 Å². The molecule has 3 aromatic carbocycles. The Morgan fingerprint density at radius 2 is 1.60 bits per heavy atom. The highest BCUT2D eigenvalue weighted by Crippen LogP contribution is 2.43. The van der Waals surface area contributed by atoms with Gasteiger partial charge in [-0.25, -0.2) is 0 Å². The van der Waals surface area contributed by atoms with Gasteiger partial charge in [-0.2, -0.15) is 5.26 Å². The molecule has 62 heavy (non-hydrogen) atoms. The number of rotatable bonds is 21. The molecule has 0 spiro atoms. The molecular weight excluding hydrogens is 785 g/mol. The zero-order valence-corrected chi connectivity index (χ0v) is 36.6. The highest BCUT2D eigenvalue weighted by atomic mass is 16.5. The van der Waals surface area contributed by atoms with E-state index in [1.54, 1.807) is 44.3 Å². The summed E-state index contributed by atoms with van der Waals surface area (Å²) in [4.78, 5) is 72.3. The largest absolute Gasteiger partial charge is 0.492 e. The molecule has 1 saturated carbocycles. The minimum atomic E-state index is -1.19. The molecule has 0 saturated heterocycles. The predicted octanol–water partition coefficient (Wildman–Crippen LogP) is 5.89. The number of likely N-dealkylation sites (N-methyl/N-ethyl adjacent to an activating group) is 1. The number of amides is 2. The molecule has 1 heterocycles. The molecule has 2 aliphatic rings. The Kier molecular flexibility index (Phi) is 17.8. The first-order valence-electron chi connectivity index (χ1n) is 22.2. The van der Waals surface area contributed by atoms with Crippen LogP contribution in [0.1, 0.15) is 123 Å². The third-order valence-corrected chi connectivity index (χ3v) is 11.8. The van der Waals surface area contributed by atoms with E-state index in [-0.39, 0.29) is 82.9 Å². The Bertz CT molecular complexity index is 2110. The summed E-state index contributed by atoms with van der Waals surface area (Å²) in [6, 6.07) is 16.6. The molecule has 7 N–H and O–H groups in total. The van der Waals surface area contributed by atoms with Crippen molar-refractivity contribution in [3.63, 3.8) is 0 Å². The monoisotopic (exact) mass is 848 g/mol. The van der Waals surface area contributed by atoms with E-state index in [0.29, 0.717) is 45.2 Å². The number of hydrogen-bond donors (Lipinski definition) is 4. The fourth-order valence-corrected chi connectivity index (χ4v) is 8.31. The van der Waals surface area contributed by atoms with Crippen molar-refractivity contribution in [3.8, 4) is 28.7 Å². The molecule has 13 heteroatoms. The molecule has 0 aromatic heterocycles. The van der Waals surface area contributed by atoms with Gasteiger partial charge in [-0.05, 0) is 97.5 Å². The van der Waals surface area contributed by atoms with Gasteiger partial charge in [0, 0.05) is 74.3 Å². The van der Waals surface area contributed by atoms with Crippen molar-refractivity contribution in [3.05, 3.63) is 82.4 Å². The van der Waals surface area contributed by atoms with E-state index in [1.807, 2.05) is 24.3 Å². The van der Waals surface area contributed by atoms with Crippen LogP contribution in [0, 0.1) is 23.2 Å². The molecule has 332 valence electrons. The Labute approximate surface area is 366 Å². The predicted molar refractivity (Wildman–Crippen MR) is 239 cm³/mol. The number of nitrogens with one attached hydrogen (secondary N) is 1. The SMILES string of the molecule is CCCCCc1ccc(C(=O)C[C@@H](CCN)C(=O)N(C)[C@@H]2C(=O)C[C@@H](C)C(=O)N[C@H](C(=O)CCC#N)Cc3ccc(OCCN)c(c3)-c3cc2ccc3OCCN)c(C2CC2)c1. The summed E-state index contributed by atoms with van der Waals surface area (Å²) in [5.74, 6) is -2.29. The number of carbonyl (C=O) groups excluding carboxylic acids is 5. The van der Waals surface area contributed by atoms with Crippen LogP contribution in [0.15, 0.2) is 54.6 Å². The van der Waals surface area contributed by atoms with Crippen molar-refractivity contribution >= 4 is 29.2 Å². The van der Waals surface area contributed by atoms with E-state index in [0.717, 1.165) is 44.1 Å². The summed E-state index contributed by atoms with van der Waals surface area (Å²) >= 11 is 0. The third kappa shape index (κ3) is 12.4. The van der Waals surface area contributed by atoms with Crippen molar-refractivity contribution in [1.29, 1.82) is 5.26 Å². The highest BCUT2D eigenvalue weighted by Gasteiger charge is 2.37. The van der Waals surface area contributed by atoms with Crippen molar-refractivity contribution in [2.75, 3.05) is 39.9 Å². The van der Waals surface area contributed by atoms with Gasteiger partial charge in [-0.15, -0.1) is 0 Å². The number of Topliss-reactive ketones (excluding diaryl/α,β-unsaturated/α-hetero) is 3. The van der Waals surface area contributed by atoms with Crippen molar-refractivity contribution < 1.29 is 33.4 Å². The number of hydrogen-bond acceptors (Lipinski definition) is 11. The van der Waals surface area contributed by atoms with Gasteiger partial charge in [0.25, 0.3) is 0 Å². The Balaban J connectivity index is 1.58. The van der Waals surface area contributed by atoms with E-state index >= 15 is 0 Å². The van der Waals surface area contributed by atoms with Crippen LogP contribution in [0.5, 0.6) is 11.5 Å². The first-order chi connectivity index (χ1) is 29.9. The lowest BCUT2D eigenvalue weighted by atomic mass is 9.87. The molecule has 0 unspecified atom stereocenters. The number of carbonyl (C=O) groups is 5. The molecule has 0 radical (unpaired) electrons. The summed E-state index contributed by atoms with van der Waals surface area (Å²) in [7, 11) is 1.55. The number of aryl methyl sites for hydroxylation is 1. The lowest BCUT2D eigenvalue weighted by Gasteiger charge is -2.32. The first kappa shape index (κ1) is 47.6. The maximum Gasteiger partial charge on any atom is 0.226 e. The van der Waals surface area contributed by atoms with Gasteiger partial charge in [0.1, 0.15) is 30.8 Å². The Morgan fingerprint density at radius 3 is 2.24 bits per heavy atom. The summed E-state index contributed by atoms with van der Waals surface area (Å²) < 4.78 is 12.3. The smallest absolute Gasteiger partial charge is 0.226 e. The van der Waals surface area contributed by atoms with E-state index in [9.17, 15) is 29.2 Å². The standard InChI is InChI=1S/C49H64N6O7/c1-4-5-6-8-32-10-15-37(38(26-32)34-12-13-34)43(57)30-36(18-20-51)49(60)55(3)47-35-14-17-46(62-24-22-53)40(29-35)39-27-33(11-16-45(39)61-23-21-52)28-41(42(56)9-7-19-50)54-48(59)31(2)25-44(47)58/h10-11,14-17,26-27,29,31,34,36,41,47H,4-9,12-13,18,20-25,28,30,51-53H2,1-3H3,(H,54,59)/t31-,36-,41+,47+/m1/s1. The molecule has 3 aromatic rings. The van der Waals surface area contributed by atoms with E-state index in [4.69, 9.17) is 26.7 Å². The molecule has 13 nitrogen and oxygen atoms in total. The maximum absolute atomic E-state index is 14.8. The minimum absolute atomic E-state index is 0.0170. The highest BCUT2D eigenvalue weighted by molar-refractivity contribution is 6.01. The van der Waals surface area contributed by atoms with Crippen LogP contribution in [0.4, 0.5) is 0 Å². The number of nitrogens with two attached hydrogens (primary N) is 3. The first-order valence-corrected chi connectivity index (χ1v) is 22.2. The number of fused-ring (bicyclic) bond motifs is 5. The second-order valence-electron chi connectivity index (χ2n) is 16.7. The van der Waals surface area contributed by atoms with Crippen LogP contribution in [0.2, 0.25) is 0 Å². The van der Waals surface area contributed by atoms with Crippen LogP contribution in [0.3, 0.4) is 0 Å². The van der Waals surface area contributed by atoms with Gasteiger partial charge in [0.2, 0.25) is 11.8 Å². The summed E-state index contributed by atoms with van der Waals surface area (Å²) in [5.41, 5.74) is 23.0. The zero-order chi connectivity index (χ0) is 44.8. The zero-order valence-electron chi connectivity index (χ0n) is 36.6. The average molecular weight is 849 g/mol. The number of nitrogens with zero attached hydrogens (tertiary/aromatic N) is 2. The van der Waals surface area contributed by atoms with Crippen molar-refractivity contribution in [2.24, 2.45) is 29.0 Å². The fraction of sp³-hybridized carbons (Fsp3) is 0.510. The maximum atomic E-state index is 14.8. The normalized spacial score (nSPS) is 18.2. The lowest BCUT2D eigenvalue weighted by molar-refractivity contribution is -0.142. The number of unbranched alkanes of at least 4 members (excludes halogenated alkanes) is 2. The van der Waals surface area contributed by atoms with Crippen LogP contribution < -0.4 is 32.0 Å². The van der Waals surface area contributed by atoms with Gasteiger partial charge >= 0.3 is 0 Å². The molecule has 1 fully saturated rings. The topological polar surface area (TPSA) is 221 Å². The van der Waals surface area contributed by atoms with E-state index in [1.165, 1.54) is 10.5 Å². The molecule has 2 amide bonds. The van der Waals surface area contributed by atoms with Crippen LogP contribution in [0.25, 0.3) is 11.1 Å². The molecular formula is C49H64N6O7. The summed E-state index contributed by atoms with van der Waals surface area (Å²) in [6.45, 7) is 4.77. The molecule has 5 rings (SSSR count). The second-order valence-corrected chi connectivity index (χ2v) is 16.7. The molecule has 4 atom stereocenters. The number of benzene rings is 3. The fourth-order valence-electron chi connectivity index (χ4n) is 8.31. The third-order valence-electron chi connectivity index (χ3n) is 11.8. The summed E-state index contributed by atoms with van der Waals surface area (Å²) in [5, 5.41) is 12.1. The van der Waals surface area contributed by atoms with Crippen LogP contribution in [-0.2, 0) is 32.0 Å². The molecule has 4 bridgehead atoms. The van der Waals surface area contributed by atoms with E-state index < -0.39 is 41.5 Å². The summed E-state index contributed by atoms with van der Waals surface area (Å²) in [6.07, 6.45) is 6.25.